The molecule has 0 saturated carbocycles. The van der Waals surface area contributed by atoms with Crippen LogP contribution >= 0.6 is 31.1 Å². The van der Waals surface area contributed by atoms with Crippen molar-refractivity contribution in [3.05, 3.63) is 62.4 Å². The molecule has 0 radical (unpaired) electrons. The number of aliphatic hydroxyl groups excluding tert-OH is 3. The fourth-order valence-corrected chi connectivity index (χ4v) is 14.3. The first-order valence-electron chi connectivity index (χ1n) is 23.4. The van der Waals surface area contributed by atoms with E-state index in [0.29, 0.717) is 13.0 Å². The van der Waals surface area contributed by atoms with E-state index in [9.17, 15) is 72.3 Å². The van der Waals surface area contributed by atoms with Crippen molar-refractivity contribution in [3.63, 3.8) is 0 Å². The van der Waals surface area contributed by atoms with Gasteiger partial charge in [-0.1, -0.05) is 18.3 Å². The molecule has 0 bridgehead atoms. The van der Waals surface area contributed by atoms with Gasteiger partial charge in [-0.3, -0.25) is 46.9 Å². The number of urea groups is 1. The molecule has 38 nitrogen and oxygen atoms in total. The van der Waals surface area contributed by atoms with Gasteiger partial charge in [0, 0.05) is 38.4 Å². The molecule has 3 saturated heterocycles. The maximum absolute atomic E-state index is 14.4. The number of ether oxygens (including phenoxy) is 4. The monoisotopic (exact) mass is 1200 g/mol. The second-order valence-electron chi connectivity index (χ2n) is 17.9. The highest BCUT2D eigenvalue weighted by atomic mass is 31.3. The number of hydrogen-bond acceptors (Lipinski definition) is 26. The third-order valence-electron chi connectivity index (χ3n) is 12.6. The van der Waals surface area contributed by atoms with Gasteiger partial charge in [-0.15, -0.1) is 0 Å². The molecule has 16 atom stereocenters. The van der Waals surface area contributed by atoms with Crippen LogP contribution in [0.4, 0.5) is 16.6 Å². The number of carbonyl (C=O) groups excluding carboxylic acids is 1. The zero-order valence-corrected chi connectivity index (χ0v) is 44.9. The maximum Gasteiger partial charge on any atom is 0.490 e. The molecular weight excluding hydrogens is 1150 g/mol. The lowest BCUT2D eigenvalue weighted by atomic mass is 9.98. The van der Waals surface area contributed by atoms with Crippen molar-refractivity contribution in [1.82, 2.24) is 54.2 Å². The van der Waals surface area contributed by atoms with Gasteiger partial charge in [0.25, 0.3) is 17.1 Å². The van der Waals surface area contributed by atoms with Crippen LogP contribution < -0.4 is 43.5 Å². The Kier molecular flexibility index (Phi) is 17.9. The Morgan fingerprint density at radius 2 is 1.51 bits per heavy atom. The number of anilines is 2. The number of H-pyrrole nitrogens is 2. The molecule has 3 fully saturated rings. The molecule has 2 amide bonds. The lowest BCUT2D eigenvalue weighted by molar-refractivity contribution is -0.745. The number of nitrogens with zero attached hydrogens (tertiary/aromatic N) is 8. The van der Waals surface area contributed by atoms with E-state index in [1.807, 2.05) is 11.9 Å². The number of imidazole rings is 2. The normalized spacial score (nSPS) is 29.3. The molecule has 5 aromatic rings. The minimum atomic E-state index is -6.26. The van der Waals surface area contributed by atoms with Crippen LogP contribution in [0.2, 0.25) is 0 Å². The summed E-state index contributed by atoms with van der Waals surface area (Å²) in [7, 11) is -21.0. The fourth-order valence-electron chi connectivity index (χ4n) is 8.98. The standard InChI is InChI=1S/C37H54N14O24P4/c1-4-5-7-40-36(57)41-9-16-17(71-32(23(16)53)51-15-48(2)22-30(51)46-35(39)47-31(22)56)10-69-77(61,62)74-79(65,66)75-78(63,64)70-12-19-27(26(67-3)34(73-19)50-14-44-21-28(38)42-13-43-29(21)50)76(59,60)68-11-18-24(54)25(55)33(72-18)49-8-6-20(52)45-37(49)58/h6,8,13-19,23-27,32-34,53-55H,4-5,7,9-12H2,1-3H3,(H11-,38,39,40,41,42,43,45,46,47,52,56,57,58,59,60,61,62,63,64,65,66)/p+1/t16-,17-,18-,19-,23-,24-,25-,26-,27-,32-,33-,34-/m1/s1. The number of aryl methyl sites for hydroxylation is 1. The zero-order valence-electron chi connectivity index (χ0n) is 41.4. The second-order valence-corrected chi connectivity index (χ2v) is 24.5. The molecule has 0 spiro atoms. The largest absolute Gasteiger partial charge is 0.490 e. The van der Waals surface area contributed by atoms with Gasteiger partial charge in [-0.2, -0.15) is 8.62 Å². The molecule has 436 valence electrons. The van der Waals surface area contributed by atoms with Crippen LogP contribution in [0.25, 0.3) is 22.3 Å². The Morgan fingerprint density at radius 3 is 2.18 bits per heavy atom. The van der Waals surface area contributed by atoms with Gasteiger partial charge >= 0.3 is 48.4 Å². The lowest BCUT2D eigenvalue weighted by Gasteiger charge is -2.28. The van der Waals surface area contributed by atoms with Crippen molar-refractivity contribution in [2.75, 3.05) is 51.5 Å². The van der Waals surface area contributed by atoms with Crippen molar-refractivity contribution in [2.24, 2.45) is 13.0 Å². The van der Waals surface area contributed by atoms with Crippen LogP contribution in [-0.2, 0) is 66.4 Å². The number of unbranched alkanes of at least 4 members (excludes halogenated alkanes) is 1. The van der Waals surface area contributed by atoms with E-state index in [4.69, 9.17) is 44.0 Å². The van der Waals surface area contributed by atoms with E-state index in [0.717, 1.165) is 43.0 Å². The van der Waals surface area contributed by atoms with Crippen molar-refractivity contribution in [2.45, 2.75) is 86.8 Å². The van der Waals surface area contributed by atoms with Crippen molar-refractivity contribution >= 4 is 71.2 Å². The van der Waals surface area contributed by atoms with Gasteiger partial charge in [0.15, 0.2) is 30.2 Å². The number of amides is 2. The highest BCUT2D eigenvalue weighted by Gasteiger charge is 2.58. The first kappa shape index (κ1) is 59.8. The predicted octanol–water partition coefficient (Wildman–Crippen LogP) is -3.45. The molecule has 0 aromatic carbocycles. The van der Waals surface area contributed by atoms with Crippen molar-refractivity contribution < 1.29 is 104 Å². The summed E-state index contributed by atoms with van der Waals surface area (Å²) in [6, 6.07) is 0.260. The smallest absolute Gasteiger partial charge is 0.387 e. The Hall–Kier alpha value is -5.27. The summed E-state index contributed by atoms with van der Waals surface area (Å²) in [6.45, 7) is -1.57. The lowest BCUT2D eigenvalue weighted by Crippen LogP contribution is -2.47. The summed E-state index contributed by atoms with van der Waals surface area (Å²) in [5, 5.41) is 38.2. The molecule has 15 N–H and O–H groups in total. The van der Waals surface area contributed by atoms with Gasteiger partial charge in [-0.05, 0) is 6.42 Å². The fraction of sp³-hybridized carbons (Fsp3) is 0.595. The third-order valence-corrected chi connectivity index (χ3v) is 18.8. The van der Waals surface area contributed by atoms with Crippen LogP contribution in [0.5, 0.6) is 0 Å². The van der Waals surface area contributed by atoms with E-state index in [1.165, 1.54) is 27.1 Å². The SMILES string of the molecule is CCCCNC(=O)NC[C@H]1[C@@H](O)[C@H]([n+]2cn(C)c3c(=O)[nH]c(N)nc32)O[C@@H]1COP(=O)(O)OP(=O)(O)OP(=O)(O)OC[C@H]1O[C@@H](n2cnc3c(N)ncnc32)[C@H](OC)[C@@H]1P(=O)(O)OC[C@H]1O[C@@H](n2ccc(=O)[nH]c2=O)[C@H](O)[C@@H]1O. The van der Waals surface area contributed by atoms with Crippen LogP contribution in [0.15, 0.2) is 45.6 Å². The number of aromatic nitrogens is 10. The van der Waals surface area contributed by atoms with Crippen molar-refractivity contribution in [1.29, 1.82) is 0 Å². The first-order chi connectivity index (χ1) is 37.1. The van der Waals surface area contributed by atoms with Crippen LogP contribution in [0.1, 0.15) is 38.4 Å². The molecule has 5 aromatic heterocycles. The molecule has 8 rings (SSSR count). The summed E-state index contributed by atoms with van der Waals surface area (Å²) in [4.78, 5) is 113. The number of nitrogen functional groups attached to an aromatic ring is 2. The number of rotatable bonds is 23. The number of nitrogens with two attached hydrogens (primary N) is 2. The highest BCUT2D eigenvalue weighted by molar-refractivity contribution is 7.66. The number of methoxy groups -OCH3 is 1. The zero-order chi connectivity index (χ0) is 57.5. The number of hydrogen-bond donors (Lipinski definition) is 13. The number of phosphoric acid groups is 3. The van der Waals surface area contributed by atoms with Gasteiger partial charge in [0.2, 0.25) is 11.7 Å². The molecule has 0 aliphatic carbocycles. The minimum Gasteiger partial charge on any atom is -0.387 e. The molecule has 3 aliphatic heterocycles. The molecule has 42 heteroatoms. The average Bonchev–Trinajstić information content (AvgIpc) is 4.40. The summed E-state index contributed by atoms with van der Waals surface area (Å²) in [5.41, 5.74) is 7.17. The van der Waals surface area contributed by atoms with Gasteiger partial charge in [-0.25, -0.2) is 42.8 Å². The first-order valence-corrected chi connectivity index (χ1v) is 29.5. The van der Waals surface area contributed by atoms with Crippen LogP contribution in [-0.4, -0.2) is 173 Å². The van der Waals surface area contributed by atoms with Crippen LogP contribution in [0, 0.1) is 5.92 Å². The Morgan fingerprint density at radius 1 is 0.835 bits per heavy atom. The van der Waals surface area contributed by atoms with E-state index in [2.05, 4.69) is 44.2 Å². The number of aliphatic hydroxyl groups is 3. The predicted molar refractivity (Wildman–Crippen MR) is 260 cm³/mol. The Balaban J connectivity index is 0.963. The van der Waals surface area contributed by atoms with Gasteiger partial charge in [0.05, 0.1) is 39.3 Å². The summed E-state index contributed by atoms with van der Waals surface area (Å²) >= 11 is 0. The minimum absolute atomic E-state index is 0.00640. The Labute approximate surface area is 441 Å². The average molecular weight is 1200 g/mol. The highest BCUT2D eigenvalue weighted by Crippen LogP contribution is 2.68. The second kappa shape index (κ2) is 23.7. The topological polar surface area (TPSA) is 539 Å². The third kappa shape index (κ3) is 13.1. The number of nitrogens with one attached hydrogen (secondary N) is 4. The van der Waals surface area contributed by atoms with Crippen LogP contribution in [0.3, 0.4) is 0 Å². The number of aromatic amines is 2. The van der Waals surface area contributed by atoms with E-state index >= 15 is 0 Å². The summed E-state index contributed by atoms with van der Waals surface area (Å²) < 4.78 is 106. The number of fused-ring (bicyclic) bond motifs is 2. The Bertz CT molecular complexity index is 3430. The summed E-state index contributed by atoms with van der Waals surface area (Å²) in [6.07, 6.45) is -10.8. The number of carbonyl (C=O) groups is 1. The maximum atomic E-state index is 14.4. The van der Waals surface area contributed by atoms with E-state index < -0.39 is 147 Å². The molecule has 4 unspecified atom stereocenters. The van der Waals surface area contributed by atoms with E-state index in [-0.39, 0.29) is 40.6 Å². The van der Waals surface area contributed by atoms with Crippen molar-refractivity contribution in [3.8, 4) is 0 Å². The number of phosphoric ester groups is 2. The molecule has 79 heavy (non-hydrogen) atoms. The summed E-state index contributed by atoms with van der Waals surface area (Å²) in [5.74, 6) is -1.60. The van der Waals surface area contributed by atoms with Gasteiger partial charge < -0.3 is 80.5 Å². The molecule has 8 heterocycles. The molecule has 3 aliphatic rings. The quantitative estimate of drug-likeness (QED) is 0.0172. The molecular formula is C37H55N14O24P4+. The van der Waals surface area contributed by atoms with E-state index in [1.54, 1.807) is 0 Å². The van der Waals surface area contributed by atoms with Gasteiger partial charge in [0.1, 0.15) is 54.1 Å².